The highest BCUT2D eigenvalue weighted by Gasteiger charge is 2.12. The molecule has 0 fully saturated rings. The predicted octanol–water partition coefficient (Wildman–Crippen LogP) is 3.76. The summed E-state index contributed by atoms with van der Waals surface area (Å²) in [6, 6.07) is 10.9. The van der Waals surface area contributed by atoms with Gasteiger partial charge in [0.15, 0.2) is 0 Å². The van der Waals surface area contributed by atoms with Crippen molar-refractivity contribution in [3.8, 4) is 22.8 Å². The molecule has 0 bridgehead atoms. The molecule has 0 aliphatic carbocycles. The Morgan fingerprint density at radius 3 is 2.56 bits per heavy atom. The fraction of sp³-hybridized carbons (Fsp3) is 0.158. The summed E-state index contributed by atoms with van der Waals surface area (Å²) in [5.74, 6) is 0.951. The van der Waals surface area contributed by atoms with Gasteiger partial charge in [-0.2, -0.15) is 11.3 Å². The first-order valence-corrected chi connectivity index (χ1v) is 8.63. The fourth-order valence-electron chi connectivity index (χ4n) is 2.46. The molecule has 1 aromatic carbocycles. The minimum absolute atomic E-state index is 0.197. The maximum atomic E-state index is 12.5. The lowest BCUT2D eigenvalue weighted by molar-refractivity contribution is 0.0950. The van der Waals surface area contributed by atoms with Crippen LogP contribution in [0.5, 0.6) is 11.5 Å². The summed E-state index contributed by atoms with van der Waals surface area (Å²) < 4.78 is 10.4. The molecular weight excluding hydrogens is 336 g/mol. The predicted molar refractivity (Wildman–Crippen MR) is 98.3 cm³/mol. The van der Waals surface area contributed by atoms with Gasteiger partial charge in [0.05, 0.1) is 19.9 Å². The van der Waals surface area contributed by atoms with Gasteiger partial charge in [0.1, 0.15) is 11.5 Å². The van der Waals surface area contributed by atoms with Crippen LogP contribution in [0.1, 0.15) is 15.9 Å². The van der Waals surface area contributed by atoms with Gasteiger partial charge in [-0.15, -0.1) is 0 Å². The van der Waals surface area contributed by atoms with Crippen LogP contribution in [0.2, 0.25) is 0 Å². The van der Waals surface area contributed by atoms with Gasteiger partial charge in [0.25, 0.3) is 5.91 Å². The summed E-state index contributed by atoms with van der Waals surface area (Å²) in [7, 11) is 3.11. The van der Waals surface area contributed by atoms with E-state index >= 15 is 0 Å². The molecule has 1 N–H and O–H groups in total. The zero-order chi connectivity index (χ0) is 17.6. The number of aromatic nitrogens is 1. The molecule has 3 aromatic rings. The number of nitrogens with one attached hydrogen (secondary N) is 1. The van der Waals surface area contributed by atoms with Crippen molar-refractivity contribution in [2.75, 3.05) is 14.2 Å². The number of pyridine rings is 1. The van der Waals surface area contributed by atoms with Crippen molar-refractivity contribution in [3.63, 3.8) is 0 Å². The molecule has 0 atom stereocenters. The van der Waals surface area contributed by atoms with Gasteiger partial charge in [-0.25, -0.2) is 0 Å². The van der Waals surface area contributed by atoms with E-state index in [1.165, 1.54) is 0 Å². The maximum Gasteiger partial charge on any atom is 0.251 e. The van der Waals surface area contributed by atoms with E-state index in [4.69, 9.17) is 9.47 Å². The first-order chi connectivity index (χ1) is 12.2. The number of methoxy groups -OCH3 is 2. The summed E-state index contributed by atoms with van der Waals surface area (Å²) in [4.78, 5) is 17.0. The molecule has 2 heterocycles. The smallest absolute Gasteiger partial charge is 0.251 e. The summed E-state index contributed by atoms with van der Waals surface area (Å²) in [6.07, 6.45) is 1.76. The number of hydrogen-bond acceptors (Lipinski definition) is 5. The molecule has 0 aliphatic rings. The quantitative estimate of drug-likeness (QED) is 0.732. The molecule has 0 radical (unpaired) electrons. The Bertz CT molecular complexity index is 841. The minimum atomic E-state index is -0.197. The van der Waals surface area contributed by atoms with Gasteiger partial charge in [0, 0.05) is 35.3 Å². The van der Waals surface area contributed by atoms with Gasteiger partial charge < -0.3 is 14.8 Å². The van der Waals surface area contributed by atoms with E-state index in [0.717, 1.165) is 16.8 Å². The lowest BCUT2D eigenvalue weighted by Gasteiger charge is -2.11. The van der Waals surface area contributed by atoms with Crippen LogP contribution in [0.4, 0.5) is 0 Å². The molecule has 25 heavy (non-hydrogen) atoms. The molecule has 0 aliphatic heterocycles. The minimum Gasteiger partial charge on any atom is -0.497 e. The highest BCUT2D eigenvalue weighted by Crippen LogP contribution is 2.24. The number of carbonyl (C=O) groups excluding carboxylic acids is 1. The third kappa shape index (κ3) is 3.97. The first kappa shape index (κ1) is 17.0. The van der Waals surface area contributed by atoms with Crippen LogP contribution in [-0.4, -0.2) is 25.1 Å². The van der Waals surface area contributed by atoms with Gasteiger partial charge in [0.2, 0.25) is 0 Å². The van der Waals surface area contributed by atoms with Crippen molar-refractivity contribution in [1.82, 2.24) is 10.3 Å². The SMILES string of the molecule is COc1cc(OC)cc(C(=O)NCc2cccnc2-c2ccsc2)c1. The number of amides is 1. The first-order valence-electron chi connectivity index (χ1n) is 7.69. The summed E-state index contributed by atoms with van der Waals surface area (Å²) >= 11 is 1.62. The average Bonchev–Trinajstić information content (AvgIpc) is 3.20. The molecule has 6 heteroatoms. The van der Waals surface area contributed by atoms with E-state index in [0.29, 0.717) is 23.6 Å². The number of hydrogen-bond donors (Lipinski definition) is 1. The Labute approximate surface area is 150 Å². The van der Waals surface area contributed by atoms with Crippen molar-refractivity contribution in [3.05, 3.63) is 64.5 Å². The van der Waals surface area contributed by atoms with E-state index in [-0.39, 0.29) is 5.91 Å². The van der Waals surface area contributed by atoms with Crippen molar-refractivity contribution in [2.45, 2.75) is 6.54 Å². The van der Waals surface area contributed by atoms with Crippen molar-refractivity contribution >= 4 is 17.2 Å². The summed E-state index contributed by atoms with van der Waals surface area (Å²) in [6.45, 7) is 0.386. The molecule has 0 saturated carbocycles. The van der Waals surface area contributed by atoms with Gasteiger partial charge >= 0.3 is 0 Å². The van der Waals surface area contributed by atoms with Crippen LogP contribution in [0.25, 0.3) is 11.3 Å². The average molecular weight is 354 g/mol. The molecule has 0 unspecified atom stereocenters. The van der Waals surface area contributed by atoms with Gasteiger partial charge in [-0.3, -0.25) is 9.78 Å². The number of thiophene rings is 1. The second-order valence-corrected chi connectivity index (χ2v) is 6.09. The monoisotopic (exact) mass is 354 g/mol. The van der Waals surface area contributed by atoms with E-state index in [1.54, 1.807) is 50.0 Å². The second kappa shape index (κ2) is 7.81. The molecule has 0 saturated heterocycles. The van der Waals surface area contributed by atoms with Crippen LogP contribution in [0.15, 0.2) is 53.4 Å². The number of carbonyl (C=O) groups is 1. The Kier molecular flexibility index (Phi) is 5.30. The van der Waals surface area contributed by atoms with Crippen molar-refractivity contribution < 1.29 is 14.3 Å². The standard InChI is InChI=1S/C19H18N2O3S/c1-23-16-8-15(9-17(10-16)24-2)19(22)21-11-13-4-3-6-20-18(13)14-5-7-25-12-14/h3-10,12H,11H2,1-2H3,(H,21,22). The fourth-order valence-corrected chi connectivity index (χ4v) is 3.10. The number of benzene rings is 1. The maximum absolute atomic E-state index is 12.5. The van der Waals surface area contributed by atoms with E-state index in [1.807, 2.05) is 29.0 Å². The number of nitrogens with zero attached hydrogens (tertiary/aromatic N) is 1. The molecule has 0 spiro atoms. The van der Waals surface area contributed by atoms with Crippen molar-refractivity contribution in [2.24, 2.45) is 0 Å². The third-order valence-corrected chi connectivity index (χ3v) is 4.42. The van der Waals surface area contributed by atoms with Crippen LogP contribution in [0.3, 0.4) is 0 Å². The van der Waals surface area contributed by atoms with Crippen molar-refractivity contribution in [1.29, 1.82) is 0 Å². The summed E-state index contributed by atoms with van der Waals surface area (Å²) in [5, 5.41) is 6.98. The second-order valence-electron chi connectivity index (χ2n) is 5.31. The third-order valence-electron chi connectivity index (χ3n) is 3.74. The van der Waals surface area contributed by atoms with Gasteiger partial charge in [-0.1, -0.05) is 6.07 Å². The van der Waals surface area contributed by atoms with E-state index < -0.39 is 0 Å². The molecule has 128 valence electrons. The highest BCUT2D eigenvalue weighted by atomic mass is 32.1. The molecule has 1 amide bonds. The Morgan fingerprint density at radius 1 is 1.16 bits per heavy atom. The Morgan fingerprint density at radius 2 is 1.92 bits per heavy atom. The van der Waals surface area contributed by atoms with E-state index in [2.05, 4.69) is 10.3 Å². The lowest BCUT2D eigenvalue weighted by Crippen LogP contribution is -2.23. The zero-order valence-corrected chi connectivity index (χ0v) is 14.8. The molecule has 2 aromatic heterocycles. The topological polar surface area (TPSA) is 60.5 Å². The normalized spacial score (nSPS) is 10.3. The van der Waals surface area contributed by atoms with Crippen LogP contribution >= 0.6 is 11.3 Å². The molecule has 3 rings (SSSR count). The summed E-state index contributed by atoms with van der Waals surface area (Å²) in [5.41, 5.74) is 3.38. The lowest BCUT2D eigenvalue weighted by atomic mass is 10.1. The zero-order valence-electron chi connectivity index (χ0n) is 14.0. The van der Waals surface area contributed by atoms with E-state index in [9.17, 15) is 4.79 Å². The number of ether oxygens (including phenoxy) is 2. The Balaban J connectivity index is 1.78. The number of rotatable bonds is 6. The Hall–Kier alpha value is -2.86. The van der Waals surface area contributed by atoms with Crippen LogP contribution in [-0.2, 0) is 6.54 Å². The largest absolute Gasteiger partial charge is 0.497 e. The van der Waals surface area contributed by atoms with Crippen LogP contribution < -0.4 is 14.8 Å². The van der Waals surface area contributed by atoms with Crippen LogP contribution in [0, 0.1) is 0 Å². The molecule has 5 nitrogen and oxygen atoms in total. The highest BCUT2D eigenvalue weighted by molar-refractivity contribution is 7.08. The van der Waals surface area contributed by atoms with Gasteiger partial charge in [-0.05, 0) is 35.2 Å². The molecular formula is C19H18N2O3S.